The summed E-state index contributed by atoms with van der Waals surface area (Å²) in [6.07, 6.45) is 0. The fourth-order valence-electron chi connectivity index (χ4n) is 8.43. The molecule has 2 aromatic heterocycles. The molecule has 0 aliphatic heterocycles. The van der Waals surface area contributed by atoms with E-state index in [1.807, 2.05) is 11.3 Å². The van der Waals surface area contributed by atoms with Gasteiger partial charge in [-0.25, -0.2) is 0 Å². The van der Waals surface area contributed by atoms with Crippen LogP contribution in [-0.2, 0) is 0 Å². The van der Waals surface area contributed by atoms with Gasteiger partial charge in [0.05, 0.1) is 11.0 Å². The third-order valence-electron chi connectivity index (χ3n) is 10.9. The second kappa shape index (κ2) is 12.9. The van der Waals surface area contributed by atoms with Crippen molar-refractivity contribution in [1.29, 1.82) is 0 Å². The molecule has 0 aliphatic rings. The average Bonchev–Trinajstić information content (AvgIpc) is 3.79. The normalized spacial score (nSPS) is 11.6. The van der Waals surface area contributed by atoms with E-state index in [0.717, 1.165) is 22.7 Å². The molecule has 258 valence electrons. The van der Waals surface area contributed by atoms with Crippen LogP contribution in [0.15, 0.2) is 206 Å². The number of anilines is 3. The van der Waals surface area contributed by atoms with Crippen molar-refractivity contribution in [1.82, 2.24) is 4.57 Å². The highest BCUT2D eigenvalue weighted by Gasteiger charge is 2.18. The number of fused-ring (bicyclic) bond motifs is 7. The maximum atomic E-state index is 2.42. The lowest BCUT2D eigenvalue weighted by Gasteiger charge is -2.27. The molecule has 0 atom stereocenters. The summed E-state index contributed by atoms with van der Waals surface area (Å²) in [6.45, 7) is 0. The smallest absolute Gasteiger partial charge is 0.0541 e. The summed E-state index contributed by atoms with van der Waals surface area (Å²) in [4.78, 5) is 2.42. The zero-order chi connectivity index (χ0) is 36.3. The van der Waals surface area contributed by atoms with E-state index in [0.29, 0.717) is 0 Å². The summed E-state index contributed by atoms with van der Waals surface area (Å²) >= 11 is 1.86. The molecule has 0 fully saturated rings. The Balaban J connectivity index is 1.12. The van der Waals surface area contributed by atoms with Crippen LogP contribution in [0.4, 0.5) is 17.1 Å². The van der Waals surface area contributed by atoms with E-state index in [9.17, 15) is 0 Å². The molecule has 0 bridgehead atoms. The Hall–Kier alpha value is -6.94. The van der Waals surface area contributed by atoms with Gasteiger partial charge in [-0.2, -0.15) is 0 Å². The quantitative estimate of drug-likeness (QED) is 0.166. The first kappa shape index (κ1) is 31.6. The summed E-state index contributed by atoms with van der Waals surface area (Å²) in [6, 6.07) is 75.3. The van der Waals surface area contributed by atoms with Gasteiger partial charge in [0.15, 0.2) is 0 Å². The van der Waals surface area contributed by atoms with Crippen molar-refractivity contribution in [2.24, 2.45) is 0 Å². The molecule has 11 rings (SSSR count). The number of thiophene rings is 1. The molecular weight excluding hydrogens is 685 g/mol. The fourth-order valence-corrected chi connectivity index (χ4v) is 9.57. The van der Waals surface area contributed by atoms with Gasteiger partial charge < -0.3 is 9.47 Å². The molecule has 0 radical (unpaired) electrons. The Kier molecular flexibility index (Phi) is 7.39. The molecule has 2 heterocycles. The average molecular weight is 719 g/mol. The van der Waals surface area contributed by atoms with Crippen molar-refractivity contribution in [3.8, 4) is 27.9 Å². The van der Waals surface area contributed by atoms with E-state index in [-0.39, 0.29) is 0 Å². The molecule has 0 saturated carbocycles. The highest BCUT2D eigenvalue weighted by Crippen LogP contribution is 2.43. The highest BCUT2D eigenvalue weighted by atomic mass is 32.1. The molecule has 0 unspecified atom stereocenters. The first-order valence-electron chi connectivity index (χ1n) is 18.8. The van der Waals surface area contributed by atoms with Crippen LogP contribution in [0.5, 0.6) is 0 Å². The second-order valence-corrected chi connectivity index (χ2v) is 15.2. The number of para-hydroxylation sites is 2. The summed E-state index contributed by atoms with van der Waals surface area (Å²) in [5.74, 6) is 0. The van der Waals surface area contributed by atoms with Crippen LogP contribution in [0.3, 0.4) is 0 Å². The van der Waals surface area contributed by atoms with Crippen LogP contribution < -0.4 is 4.90 Å². The molecule has 55 heavy (non-hydrogen) atoms. The molecule has 0 N–H and O–H groups in total. The van der Waals surface area contributed by atoms with Crippen LogP contribution in [0.2, 0.25) is 0 Å². The number of hydrogen-bond donors (Lipinski definition) is 0. The van der Waals surface area contributed by atoms with Crippen molar-refractivity contribution in [2.75, 3.05) is 4.90 Å². The monoisotopic (exact) mass is 718 g/mol. The maximum absolute atomic E-state index is 2.42. The Morgan fingerprint density at radius 3 is 1.67 bits per heavy atom. The lowest BCUT2D eigenvalue weighted by atomic mass is 9.96. The lowest BCUT2D eigenvalue weighted by Crippen LogP contribution is -2.10. The molecule has 0 saturated heterocycles. The van der Waals surface area contributed by atoms with Crippen molar-refractivity contribution in [3.05, 3.63) is 206 Å². The van der Waals surface area contributed by atoms with Crippen molar-refractivity contribution in [3.63, 3.8) is 0 Å². The van der Waals surface area contributed by atoms with Crippen molar-refractivity contribution < 1.29 is 0 Å². The number of rotatable bonds is 6. The summed E-state index contributed by atoms with van der Waals surface area (Å²) in [7, 11) is 0. The lowest BCUT2D eigenvalue weighted by molar-refractivity contribution is 1.19. The molecule has 9 aromatic carbocycles. The van der Waals surface area contributed by atoms with Crippen LogP contribution in [0.25, 0.3) is 80.7 Å². The van der Waals surface area contributed by atoms with E-state index in [2.05, 4.69) is 216 Å². The van der Waals surface area contributed by atoms with Crippen LogP contribution >= 0.6 is 11.3 Å². The fraction of sp³-hybridized carbons (Fsp3) is 0. The van der Waals surface area contributed by atoms with Gasteiger partial charge in [0.2, 0.25) is 0 Å². The number of aromatic nitrogens is 1. The highest BCUT2D eigenvalue weighted by molar-refractivity contribution is 7.25. The summed E-state index contributed by atoms with van der Waals surface area (Å²) in [5, 5.41) is 7.57. The predicted molar refractivity (Wildman–Crippen MR) is 237 cm³/mol. The van der Waals surface area contributed by atoms with Gasteiger partial charge >= 0.3 is 0 Å². The molecular formula is C52H34N2S. The molecule has 2 nitrogen and oxygen atoms in total. The molecule has 0 spiro atoms. The van der Waals surface area contributed by atoms with E-state index in [1.54, 1.807) is 0 Å². The van der Waals surface area contributed by atoms with E-state index >= 15 is 0 Å². The minimum Gasteiger partial charge on any atom is -0.310 e. The van der Waals surface area contributed by atoms with Gasteiger partial charge in [-0.1, -0.05) is 140 Å². The standard InChI is InChI=1S/C52H34N2S/c1-2-14-35(15-3-1)36-17-12-19-39(30-36)53(41-28-29-47-46-24-8-11-27-51(46)55-52(47)34-41)40-20-13-18-38(31-40)48-33-42(32-37-16-4-5-21-43(37)48)54-49-25-9-6-22-44(49)45-23-7-10-26-50(45)54/h1-34H. The zero-order valence-corrected chi connectivity index (χ0v) is 30.7. The molecule has 0 amide bonds. The Labute approximate surface area is 323 Å². The first-order chi connectivity index (χ1) is 27.3. The van der Waals surface area contributed by atoms with Gasteiger partial charge in [-0.15, -0.1) is 11.3 Å². The van der Waals surface area contributed by atoms with Gasteiger partial charge in [-0.3, -0.25) is 0 Å². The van der Waals surface area contributed by atoms with E-state index in [1.165, 1.54) is 75.0 Å². The van der Waals surface area contributed by atoms with Gasteiger partial charge in [0, 0.05) is 53.7 Å². The van der Waals surface area contributed by atoms with E-state index in [4.69, 9.17) is 0 Å². The Bertz CT molecular complexity index is 3170. The van der Waals surface area contributed by atoms with Gasteiger partial charge in [-0.05, 0) is 99.8 Å². The zero-order valence-electron chi connectivity index (χ0n) is 29.9. The van der Waals surface area contributed by atoms with Crippen LogP contribution in [-0.4, -0.2) is 4.57 Å². The molecule has 0 aliphatic carbocycles. The number of benzene rings is 9. The number of hydrogen-bond acceptors (Lipinski definition) is 2. The van der Waals surface area contributed by atoms with Gasteiger partial charge in [0.1, 0.15) is 0 Å². The van der Waals surface area contributed by atoms with Crippen molar-refractivity contribution in [2.45, 2.75) is 0 Å². The van der Waals surface area contributed by atoms with Crippen molar-refractivity contribution >= 4 is 81.1 Å². The Morgan fingerprint density at radius 1 is 0.345 bits per heavy atom. The predicted octanol–water partition coefficient (Wildman–Crippen LogP) is 15.1. The van der Waals surface area contributed by atoms with Crippen LogP contribution in [0.1, 0.15) is 0 Å². The minimum atomic E-state index is 1.11. The van der Waals surface area contributed by atoms with E-state index < -0.39 is 0 Å². The third kappa shape index (κ3) is 5.32. The van der Waals surface area contributed by atoms with Gasteiger partial charge in [0.25, 0.3) is 0 Å². The Morgan fingerprint density at radius 2 is 0.909 bits per heavy atom. The summed E-state index contributed by atoms with van der Waals surface area (Å²) < 4.78 is 5.01. The minimum absolute atomic E-state index is 1.11. The molecule has 11 aromatic rings. The third-order valence-corrected chi connectivity index (χ3v) is 12.1. The largest absolute Gasteiger partial charge is 0.310 e. The maximum Gasteiger partial charge on any atom is 0.0541 e. The molecule has 3 heteroatoms. The topological polar surface area (TPSA) is 8.17 Å². The number of nitrogens with zero attached hydrogens (tertiary/aromatic N) is 2. The first-order valence-corrected chi connectivity index (χ1v) is 19.6. The van der Waals surface area contributed by atoms with Crippen LogP contribution in [0, 0.1) is 0 Å². The summed E-state index contributed by atoms with van der Waals surface area (Å²) in [5.41, 5.74) is 11.7. The second-order valence-electron chi connectivity index (χ2n) is 14.2. The SMILES string of the molecule is c1ccc(-c2cccc(N(c3cccc(-c4cc(-n5c6ccccc6c6ccccc65)cc5ccccc45)c3)c3ccc4c(c3)sc3ccccc34)c2)cc1.